The number of benzene rings is 1. The number of hydrogen-bond acceptors (Lipinski definition) is 3. The van der Waals surface area contributed by atoms with Crippen molar-refractivity contribution in [1.82, 2.24) is 15.2 Å². The SMILES string of the molecule is C[C@@H]1CN(C(=O)c2cc(C3CC3)nc3ccc(F)cc23)CCN1. The van der Waals surface area contributed by atoms with Gasteiger partial charge in [-0.05, 0) is 44.0 Å². The first-order valence-corrected chi connectivity index (χ1v) is 8.24. The number of fused-ring (bicyclic) bond motifs is 1. The standard InChI is InChI=1S/C18H20FN3O/c1-11-10-22(7-6-20-11)18(23)15-9-17(12-2-3-12)21-16-5-4-13(19)8-14(15)16/h4-5,8-9,11-12,20H,2-3,6-7,10H2,1H3/t11-/m1/s1. The number of halogens is 1. The highest BCUT2D eigenvalue weighted by molar-refractivity contribution is 6.06. The molecular weight excluding hydrogens is 293 g/mol. The maximum atomic E-state index is 13.7. The predicted molar refractivity (Wildman–Crippen MR) is 87.0 cm³/mol. The largest absolute Gasteiger partial charge is 0.336 e. The number of hydrogen-bond donors (Lipinski definition) is 1. The van der Waals surface area contributed by atoms with Crippen LogP contribution in [0.5, 0.6) is 0 Å². The Balaban J connectivity index is 1.80. The van der Waals surface area contributed by atoms with Crippen LogP contribution in [0.1, 0.15) is 41.7 Å². The second-order valence-electron chi connectivity index (χ2n) is 6.64. The Morgan fingerprint density at radius 1 is 1.35 bits per heavy atom. The normalized spacial score (nSPS) is 21.7. The van der Waals surface area contributed by atoms with E-state index in [9.17, 15) is 9.18 Å². The lowest BCUT2D eigenvalue weighted by atomic mass is 10.0. The zero-order valence-corrected chi connectivity index (χ0v) is 13.2. The number of rotatable bonds is 2. The molecule has 1 aromatic carbocycles. The monoisotopic (exact) mass is 313 g/mol. The van der Waals surface area contributed by atoms with E-state index in [1.807, 2.05) is 11.0 Å². The van der Waals surface area contributed by atoms with Gasteiger partial charge in [0.2, 0.25) is 0 Å². The highest BCUT2D eigenvalue weighted by atomic mass is 19.1. The number of nitrogens with zero attached hydrogens (tertiary/aromatic N) is 2. The molecule has 5 heteroatoms. The van der Waals surface area contributed by atoms with Crippen LogP contribution in [0, 0.1) is 5.82 Å². The molecule has 0 radical (unpaired) electrons. The molecule has 4 nitrogen and oxygen atoms in total. The van der Waals surface area contributed by atoms with Gasteiger partial charge in [0.1, 0.15) is 5.82 Å². The van der Waals surface area contributed by atoms with Gasteiger partial charge in [0.05, 0.1) is 11.1 Å². The number of carbonyl (C=O) groups excluding carboxylic acids is 1. The van der Waals surface area contributed by atoms with Crippen LogP contribution in [0.25, 0.3) is 10.9 Å². The van der Waals surface area contributed by atoms with Gasteiger partial charge in [-0.1, -0.05) is 0 Å². The van der Waals surface area contributed by atoms with E-state index in [4.69, 9.17) is 0 Å². The molecule has 2 fully saturated rings. The number of aromatic nitrogens is 1. The van der Waals surface area contributed by atoms with Crippen LogP contribution in [0.15, 0.2) is 24.3 Å². The maximum absolute atomic E-state index is 13.7. The lowest BCUT2D eigenvalue weighted by Gasteiger charge is -2.32. The minimum absolute atomic E-state index is 0.0155. The van der Waals surface area contributed by atoms with Crippen molar-refractivity contribution in [2.75, 3.05) is 19.6 Å². The van der Waals surface area contributed by atoms with Gasteiger partial charge < -0.3 is 10.2 Å². The molecular formula is C18H20FN3O. The van der Waals surface area contributed by atoms with Gasteiger partial charge in [-0.2, -0.15) is 0 Å². The summed E-state index contributed by atoms with van der Waals surface area (Å²) in [6.07, 6.45) is 2.25. The Morgan fingerprint density at radius 3 is 2.91 bits per heavy atom. The fourth-order valence-corrected chi connectivity index (χ4v) is 3.27. The molecule has 0 spiro atoms. The molecule has 1 atom stereocenters. The van der Waals surface area contributed by atoms with E-state index in [1.165, 1.54) is 12.1 Å². The summed E-state index contributed by atoms with van der Waals surface area (Å²) >= 11 is 0. The summed E-state index contributed by atoms with van der Waals surface area (Å²) in [5.41, 5.74) is 2.27. The number of carbonyl (C=O) groups is 1. The molecule has 0 bridgehead atoms. The zero-order chi connectivity index (χ0) is 16.0. The molecule has 4 rings (SSSR count). The Morgan fingerprint density at radius 2 is 2.17 bits per heavy atom. The van der Waals surface area contributed by atoms with Gasteiger partial charge in [-0.25, -0.2) is 4.39 Å². The lowest BCUT2D eigenvalue weighted by Crippen LogP contribution is -2.51. The van der Waals surface area contributed by atoms with E-state index in [-0.39, 0.29) is 17.8 Å². The smallest absolute Gasteiger partial charge is 0.254 e. The number of amides is 1. The van der Waals surface area contributed by atoms with Crippen molar-refractivity contribution in [2.45, 2.75) is 31.7 Å². The molecule has 1 aliphatic carbocycles. The highest BCUT2D eigenvalue weighted by Gasteiger charge is 2.29. The number of piperazine rings is 1. The minimum atomic E-state index is -0.332. The van der Waals surface area contributed by atoms with Crippen molar-refractivity contribution in [3.63, 3.8) is 0 Å². The second kappa shape index (κ2) is 5.57. The molecule has 2 aliphatic rings. The molecule has 2 aromatic rings. The molecule has 120 valence electrons. The predicted octanol–water partition coefficient (Wildman–Crippen LogP) is 2.69. The Labute approximate surface area is 134 Å². The first-order valence-electron chi connectivity index (χ1n) is 8.24. The van der Waals surface area contributed by atoms with Crippen LogP contribution in [0.2, 0.25) is 0 Å². The molecule has 1 saturated carbocycles. The fraction of sp³-hybridized carbons (Fsp3) is 0.444. The average molecular weight is 313 g/mol. The Bertz CT molecular complexity index is 772. The summed E-state index contributed by atoms with van der Waals surface area (Å²) in [5.74, 6) is 0.109. The third-order valence-electron chi connectivity index (χ3n) is 4.67. The second-order valence-corrected chi connectivity index (χ2v) is 6.64. The van der Waals surface area contributed by atoms with Gasteiger partial charge in [-0.3, -0.25) is 9.78 Å². The van der Waals surface area contributed by atoms with Crippen LogP contribution in [0.3, 0.4) is 0 Å². The number of nitrogens with one attached hydrogen (secondary N) is 1. The van der Waals surface area contributed by atoms with Crippen LogP contribution in [0.4, 0.5) is 4.39 Å². The summed E-state index contributed by atoms with van der Waals surface area (Å²) in [7, 11) is 0. The molecule has 1 N–H and O–H groups in total. The average Bonchev–Trinajstić information content (AvgIpc) is 3.38. The van der Waals surface area contributed by atoms with Crippen molar-refractivity contribution >= 4 is 16.8 Å². The summed E-state index contributed by atoms with van der Waals surface area (Å²) in [5, 5.41) is 3.95. The first kappa shape index (κ1) is 14.6. The first-order chi connectivity index (χ1) is 11.1. The van der Waals surface area contributed by atoms with Crippen LogP contribution < -0.4 is 5.32 Å². The van der Waals surface area contributed by atoms with Crippen LogP contribution in [-0.4, -0.2) is 41.5 Å². The van der Waals surface area contributed by atoms with E-state index in [1.54, 1.807) is 6.07 Å². The van der Waals surface area contributed by atoms with Gasteiger partial charge in [0.25, 0.3) is 5.91 Å². The van der Waals surface area contributed by atoms with Crippen molar-refractivity contribution < 1.29 is 9.18 Å². The molecule has 1 aliphatic heterocycles. The van der Waals surface area contributed by atoms with E-state index in [0.717, 1.165) is 25.1 Å². The number of pyridine rings is 1. The fourth-order valence-electron chi connectivity index (χ4n) is 3.27. The van der Waals surface area contributed by atoms with Crippen molar-refractivity contribution in [2.24, 2.45) is 0 Å². The molecule has 23 heavy (non-hydrogen) atoms. The maximum Gasteiger partial charge on any atom is 0.254 e. The van der Waals surface area contributed by atoms with E-state index in [2.05, 4.69) is 17.2 Å². The summed E-state index contributed by atoms with van der Waals surface area (Å²) in [4.78, 5) is 19.5. The summed E-state index contributed by atoms with van der Waals surface area (Å²) in [6, 6.07) is 6.67. The quantitative estimate of drug-likeness (QED) is 0.927. The minimum Gasteiger partial charge on any atom is -0.336 e. The van der Waals surface area contributed by atoms with Crippen molar-refractivity contribution in [3.8, 4) is 0 Å². The Hall–Kier alpha value is -2.01. The molecule has 1 saturated heterocycles. The zero-order valence-electron chi connectivity index (χ0n) is 13.2. The van der Waals surface area contributed by atoms with Crippen molar-refractivity contribution in [3.05, 3.63) is 41.3 Å². The van der Waals surface area contributed by atoms with Gasteiger partial charge in [-0.15, -0.1) is 0 Å². The highest BCUT2D eigenvalue weighted by Crippen LogP contribution is 2.40. The van der Waals surface area contributed by atoms with Gasteiger partial charge >= 0.3 is 0 Å². The molecule has 2 heterocycles. The third kappa shape index (κ3) is 2.81. The van der Waals surface area contributed by atoms with Crippen molar-refractivity contribution in [1.29, 1.82) is 0 Å². The van der Waals surface area contributed by atoms with E-state index < -0.39 is 0 Å². The van der Waals surface area contributed by atoms with Gasteiger partial charge in [0.15, 0.2) is 0 Å². The van der Waals surface area contributed by atoms with Crippen LogP contribution >= 0.6 is 0 Å². The third-order valence-corrected chi connectivity index (χ3v) is 4.67. The summed E-state index contributed by atoms with van der Waals surface area (Å²) < 4.78 is 13.7. The Kier molecular flexibility index (Phi) is 3.53. The van der Waals surface area contributed by atoms with Gasteiger partial charge in [0, 0.05) is 42.7 Å². The summed E-state index contributed by atoms with van der Waals surface area (Å²) in [6.45, 7) is 4.22. The molecule has 0 unspecified atom stereocenters. The topological polar surface area (TPSA) is 45.2 Å². The van der Waals surface area contributed by atoms with E-state index >= 15 is 0 Å². The lowest BCUT2D eigenvalue weighted by molar-refractivity contribution is 0.0711. The van der Waals surface area contributed by atoms with Crippen LogP contribution in [-0.2, 0) is 0 Å². The van der Waals surface area contributed by atoms with E-state index in [0.29, 0.717) is 35.5 Å². The molecule has 1 amide bonds. The molecule has 1 aromatic heterocycles.